The van der Waals surface area contributed by atoms with Crippen molar-refractivity contribution in [1.82, 2.24) is 14.1 Å². The molecule has 0 saturated carbocycles. The molecule has 0 aromatic rings. The van der Waals surface area contributed by atoms with Crippen LogP contribution in [0.3, 0.4) is 0 Å². The average molecular weight is 395 g/mol. The zero-order chi connectivity index (χ0) is 18.6. The van der Waals surface area contributed by atoms with Crippen molar-refractivity contribution in [3.05, 3.63) is 0 Å². The fourth-order valence-electron chi connectivity index (χ4n) is 2.56. The van der Waals surface area contributed by atoms with E-state index in [4.69, 9.17) is 9.84 Å². The van der Waals surface area contributed by atoms with Gasteiger partial charge in [0.15, 0.2) is 0 Å². The van der Waals surface area contributed by atoms with Crippen molar-refractivity contribution in [1.29, 1.82) is 0 Å². The van der Waals surface area contributed by atoms with Gasteiger partial charge < -0.3 is 19.6 Å². The Bertz CT molecular complexity index is 640. The lowest BCUT2D eigenvalue weighted by atomic mass is 10.2. The molecule has 2 fully saturated rings. The summed E-state index contributed by atoms with van der Waals surface area (Å²) in [7, 11) is -3.71. The summed E-state index contributed by atoms with van der Waals surface area (Å²) >= 11 is 1.45. The zero-order valence-electron chi connectivity index (χ0n) is 13.8. The van der Waals surface area contributed by atoms with Crippen LogP contribution >= 0.6 is 11.8 Å². The molecule has 0 radical (unpaired) electrons. The predicted molar refractivity (Wildman–Crippen MR) is 89.4 cm³/mol. The van der Waals surface area contributed by atoms with Crippen LogP contribution < -0.4 is 0 Å². The van der Waals surface area contributed by atoms with Crippen LogP contribution in [0.25, 0.3) is 0 Å². The second-order valence-corrected chi connectivity index (χ2v) is 8.79. The SMILES string of the molecule is CS(=O)(=O)N(CC(=O)O)C[C@H]1CN(C(=O)CN2CSCC2=O)CCO1. The summed E-state index contributed by atoms with van der Waals surface area (Å²) in [5.74, 6) is -0.712. The van der Waals surface area contributed by atoms with E-state index < -0.39 is 28.6 Å². The first-order valence-corrected chi connectivity index (χ1v) is 10.6. The number of amides is 2. The number of sulfonamides is 1. The summed E-state index contributed by atoms with van der Waals surface area (Å²) in [4.78, 5) is 37.8. The quantitative estimate of drug-likeness (QED) is 0.530. The fourth-order valence-corrected chi connectivity index (χ4v) is 4.24. The van der Waals surface area contributed by atoms with Crippen LogP contribution in [-0.4, -0.2) is 109 Å². The van der Waals surface area contributed by atoms with E-state index in [0.29, 0.717) is 18.2 Å². The van der Waals surface area contributed by atoms with E-state index >= 15 is 0 Å². The molecule has 2 rings (SSSR count). The molecule has 2 heterocycles. The molecule has 25 heavy (non-hydrogen) atoms. The van der Waals surface area contributed by atoms with Gasteiger partial charge in [-0.2, -0.15) is 4.31 Å². The zero-order valence-corrected chi connectivity index (χ0v) is 15.4. The molecule has 1 N–H and O–H groups in total. The summed E-state index contributed by atoms with van der Waals surface area (Å²) in [5.41, 5.74) is 0. The van der Waals surface area contributed by atoms with Crippen LogP contribution in [-0.2, 0) is 29.1 Å². The van der Waals surface area contributed by atoms with Crippen molar-refractivity contribution < 1.29 is 32.6 Å². The van der Waals surface area contributed by atoms with Crippen LogP contribution in [0.2, 0.25) is 0 Å². The maximum Gasteiger partial charge on any atom is 0.318 e. The number of morpholine rings is 1. The molecule has 2 amide bonds. The highest BCUT2D eigenvalue weighted by atomic mass is 32.2. The Morgan fingerprint density at radius 1 is 1.44 bits per heavy atom. The number of nitrogens with zero attached hydrogens (tertiary/aromatic N) is 3. The topological polar surface area (TPSA) is 125 Å². The Balaban J connectivity index is 1.93. The van der Waals surface area contributed by atoms with Crippen molar-refractivity contribution in [3.63, 3.8) is 0 Å². The molecule has 0 bridgehead atoms. The van der Waals surface area contributed by atoms with Crippen LogP contribution in [0.15, 0.2) is 0 Å². The molecule has 12 heteroatoms. The lowest BCUT2D eigenvalue weighted by Crippen LogP contribution is -2.53. The highest BCUT2D eigenvalue weighted by Gasteiger charge is 2.31. The third-order valence-corrected chi connectivity index (χ3v) is 5.99. The molecule has 142 valence electrons. The Labute approximate surface area is 150 Å². The minimum atomic E-state index is -3.71. The largest absolute Gasteiger partial charge is 0.480 e. The van der Waals surface area contributed by atoms with Gasteiger partial charge in [-0.1, -0.05) is 0 Å². The van der Waals surface area contributed by atoms with Gasteiger partial charge in [0, 0.05) is 19.6 Å². The number of thioether (sulfide) groups is 1. The molecule has 0 aliphatic carbocycles. The van der Waals surface area contributed by atoms with Gasteiger partial charge >= 0.3 is 5.97 Å². The van der Waals surface area contributed by atoms with Crippen LogP contribution in [0.5, 0.6) is 0 Å². The van der Waals surface area contributed by atoms with E-state index in [2.05, 4.69) is 0 Å². The first kappa shape index (κ1) is 19.9. The Morgan fingerprint density at radius 3 is 2.72 bits per heavy atom. The first-order chi connectivity index (χ1) is 11.7. The van der Waals surface area contributed by atoms with Gasteiger partial charge in [-0.15, -0.1) is 11.8 Å². The van der Waals surface area contributed by atoms with Gasteiger partial charge in [0.05, 0.1) is 30.6 Å². The maximum absolute atomic E-state index is 12.3. The van der Waals surface area contributed by atoms with Gasteiger partial charge in [0.25, 0.3) is 0 Å². The molecule has 0 spiro atoms. The Hall–Kier alpha value is -1.37. The second kappa shape index (κ2) is 8.34. The second-order valence-electron chi connectivity index (χ2n) is 5.85. The summed E-state index contributed by atoms with van der Waals surface area (Å²) in [6, 6.07) is 0. The number of carbonyl (C=O) groups is 3. The Kier molecular flexibility index (Phi) is 6.65. The molecule has 0 aromatic carbocycles. The average Bonchev–Trinajstić information content (AvgIpc) is 2.91. The number of carboxylic acids is 1. The van der Waals surface area contributed by atoms with E-state index in [1.807, 2.05) is 0 Å². The molecule has 2 saturated heterocycles. The number of rotatable bonds is 7. The third kappa shape index (κ3) is 5.83. The normalized spacial score (nSPS) is 21.8. The van der Waals surface area contributed by atoms with E-state index in [-0.39, 0.29) is 38.1 Å². The Morgan fingerprint density at radius 2 is 2.16 bits per heavy atom. The maximum atomic E-state index is 12.3. The number of hydrogen-bond donors (Lipinski definition) is 1. The minimum absolute atomic E-state index is 0.0104. The summed E-state index contributed by atoms with van der Waals surface area (Å²) in [5, 5.41) is 8.85. The molecule has 1 atom stereocenters. The number of carbonyl (C=O) groups excluding carboxylic acids is 2. The smallest absolute Gasteiger partial charge is 0.318 e. The summed E-state index contributed by atoms with van der Waals surface area (Å²) < 4.78 is 29.7. The standard InChI is InChI=1S/C13H21N3O7S2/c1-25(21,22)16(7-13(19)20)5-10-4-14(2-3-23-10)11(17)6-15-9-24-8-12(15)18/h10H,2-9H2,1H3,(H,19,20)/t10-/m1/s1. The van der Waals surface area contributed by atoms with E-state index in [0.717, 1.165) is 10.6 Å². The molecular weight excluding hydrogens is 374 g/mol. The van der Waals surface area contributed by atoms with Gasteiger partial charge in [-0.05, 0) is 0 Å². The minimum Gasteiger partial charge on any atom is -0.480 e. The highest BCUT2D eigenvalue weighted by Crippen LogP contribution is 2.16. The fraction of sp³-hybridized carbons (Fsp3) is 0.769. The number of carboxylic acid groups (broad SMARTS) is 1. The first-order valence-electron chi connectivity index (χ1n) is 7.58. The van der Waals surface area contributed by atoms with Crippen molar-refractivity contribution >= 4 is 39.6 Å². The molecular formula is C13H21N3O7S2. The lowest BCUT2D eigenvalue weighted by Gasteiger charge is -2.35. The van der Waals surface area contributed by atoms with Crippen molar-refractivity contribution in [2.45, 2.75) is 6.10 Å². The highest BCUT2D eigenvalue weighted by molar-refractivity contribution is 8.00. The molecule has 10 nitrogen and oxygen atoms in total. The monoisotopic (exact) mass is 395 g/mol. The van der Waals surface area contributed by atoms with Crippen LogP contribution in [0, 0.1) is 0 Å². The summed E-state index contributed by atoms with van der Waals surface area (Å²) in [6.07, 6.45) is 0.314. The van der Waals surface area contributed by atoms with Crippen LogP contribution in [0.4, 0.5) is 0 Å². The van der Waals surface area contributed by atoms with E-state index in [1.54, 1.807) is 0 Å². The number of ether oxygens (including phenoxy) is 1. The number of aliphatic carboxylic acids is 1. The molecule has 2 aliphatic rings. The molecule has 2 aliphatic heterocycles. The summed E-state index contributed by atoms with van der Waals surface area (Å²) in [6.45, 7) is -0.0885. The van der Waals surface area contributed by atoms with Gasteiger partial charge in [0.2, 0.25) is 21.8 Å². The lowest BCUT2D eigenvalue weighted by molar-refractivity contribution is -0.144. The van der Waals surface area contributed by atoms with Crippen molar-refractivity contribution in [2.75, 3.05) is 57.2 Å². The third-order valence-electron chi connectivity index (χ3n) is 3.83. The van der Waals surface area contributed by atoms with Crippen LogP contribution in [0.1, 0.15) is 0 Å². The van der Waals surface area contributed by atoms with Gasteiger partial charge in [-0.3, -0.25) is 14.4 Å². The molecule has 0 aromatic heterocycles. The van der Waals surface area contributed by atoms with E-state index in [9.17, 15) is 22.8 Å². The predicted octanol–water partition coefficient (Wildman–Crippen LogP) is -1.91. The van der Waals surface area contributed by atoms with Crippen molar-refractivity contribution in [3.8, 4) is 0 Å². The molecule has 0 unspecified atom stereocenters. The van der Waals surface area contributed by atoms with Gasteiger partial charge in [-0.25, -0.2) is 8.42 Å². The van der Waals surface area contributed by atoms with Gasteiger partial charge in [0.1, 0.15) is 13.1 Å². The number of hydrogen-bond acceptors (Lipinski definition) is 7. The van der Waals surface area contributed by atoms with E-state index in [1.165, 1.54) is 21.6 Å². The van der Waals surface area contributed by atoms with Crippen molar-refractivity contribution in [2.24, 2.45) is 0 Å².